The lowest BCUT2D eigenvalue weighted by Crippen LogP contribution is -2.34. The molecule has 0 saturated heterocycles. The van der Waals surface area contributed by atoms with Crippen molar-refractivity contribution in [1.29, 1.82) is 5.26 Å². The lowest BCUT2D eigenvalue weighted by Gasteiger charge is -2.37. The number of hydrogen-bond acceptors (Lipinski definition) is 5. The number of rotatable bonds is 2. The van der Waals surface area contributed by atoms with Crippen molar-refractivity contribution in [3.63, 3.8) is 0 Å². The minimum absolute atomic E-state index is 0.0127. The van der Waals surface area contributed by atoms with Gasteiger partial charge in [-0.25, -0.2) is 0 Å². The van der Waals surface area contributed by atoms with Crippen molar-refractivity contribution >= 4 is 11.9 Å². The highest BCUT2D eigenvalue weighted by Crippen LogP contribution is 2.46. The van der Waals surface area contributed by atoms with Crippen LogP contribution in [0.4, 0.5) is 0 Å². The Kier molecular flexibility index (Phi) is 3.84. The summed E-state index contributed by atoms with van der Waals surface area (Å²) in [5.41, 5.74) is 7.46. The highest BCUT2D eigenvalue weighted by molar-refractivity contribution is 5.99. The smallest absolute Gasteiger partial charge is 0.205 e. The van der Waals surface area contributed by atoms with Crippen LogP contribution < -0.4 is 5.73 Å². The number of Topliss-reactive ketones (excluding diaryl/α,β-unsaturated/α-hetero) is 1. The maximum Gasteiger partial charge on any atom is 0.205 e. The van der Waals surface area contributed by atoms with Crippen LogP contribution in [0.5, 0.6) is 0 Å². The number of allylic oxidation sites excluding steroid dienone is 4. The first-order valence-electron chi connectivity index (χ1n) is 7.88. The molecule has 0 spiro atoms. The van der Waals surface area contributed by atoms with E-state index in [0.717, 1.165) is 5.57 Å². The molecule has 1 aromatic rings. The maximum atomic E-state index is 12.8. The molecule has 2 aliphatic rings. The number of ether oxygens (including phenoxy) is 1. The van der Waals surface area contributed by atoms with E-state index in [1.807, 2.05) is 32.9 Å². The fourth-order valence-corrected chi connectivity index (χ4v) is 3.42. The van der Waals surface area contributed by atoms with Gasteiger partial charge in [0, 0.05) is 18.4 Å². The van der Waals surface area contributed by atoms with Gasteiger partial charge in [0.05, 0.1) is 12.2 Å². The monoisotopic (exact) mass is 324 g/mol. The van der Waals surface area contributed by atoms with E-state index >= 15 is 0 Å². The number of ketones is 1. The summed E-state index contributed by atoms with van der Waals surface area (Å²) in [4.78, 5) is 12.8. The molecular formula is C19H20N2O3. The molecule has 1 aliphatic heterocycles. The number of carbonyl (C=O) groups is 1. The van der Waals surface area contributed by atoms with Crippen molar-refractivity contribution in [2.75, 3.05) is 0 Å². The average molecular weight is 324 g/mol. The first-order valence-corrected chi connectivity index (χ1v) is 7.88. The van der Waals surface area contributed by atoms with Crippen LogP contribution in [0.25, 0.3) is 6.08 Å². The van der Waals surface area contributed by atoms with Crippen LogP contribution in [-0.2, 0) is 9.53 Å². The summed E-state index contributed by atoms with van der Waals surface area (Å²) < 4.78 is 11.0. The van der Waals surface area contributed by atoms with Crippen LogP contribution in [0.3, 0.4) is 0 Å². The standard InChI is InChI=1S/C19H20N2O3/c1-11(7-12-5-4-6-23-12)16-13(10-20)18(21)24-15-9-19(2,3)8-14(22)17(15)16/h4-7,16H,8-9,21H2,1-3H3/t16-/m0/s1. The topological polar surface area (TPSA) is 89.2 Å². The van der Waals surface area contributed by atoms with Gasteiger partial charge in [-0.05, 0) is 30.5 Å². The molecule has 1 aromatic heterocycles. The third kappa shape index (κ3) is 2.76. The van der Waals surface area contributed by atoms with Gasteiger partial charge in [-0.2, -0.15) is 5.26 Å². The fraction of sp³-hybridized carbons (Fsp3) is 0.368. The number of nitrogens with zero attached hydrogens (tertiary/aromatic N) is 1. The van der Waals surface area contributed by atoms with Crippen LogP contribution in [0.1, 0.15) is 39.4 Å². The van der Waals surface area contributed by atoms with Gasteiger partial charge in [-0.15, -0.1) is 0 Å². The Morgan fingerprint density at radius 2 is 2.21 bits per heavy atom. The molecule has 5 heteroatoms. The predicted molar refractivity (Wildman–Crippen MR) is 88.8 cm³/mol. The minimum atomic E-state index is -0.479. The van der Waals surface area contributed by atoms with Gasteiger partial charge >= 0.3 is 0 Å². The quantitative estimate of drug-likeness (QED) is 0.896. The molecule has 0 amide bonds. The molecule has 3 rings (SSSR count). The zero-order valence-corrected chi connectivity index (χ0v) is 14.1. The molecular weight excluding hydrogens is 304 g/mol. The van der Waals surface area contributed by atoms with Gasteiger partial charge < -0.3 is 14.9 Å². The lowest BCUT2D eigenvalue weighted by atomic mass is 9.70. The second kappa shape index (κ2) is 5.72. The van der Waals surface area contributed by atoms with Crippen LogP contribution in [0, 0.1) is 22.7 Å². The number of nitriles is 1. The van der Waals surface area contributed by atoms with Crippen LogP contribution in [-0.4, -0.2) is 5.78 Å². The SMILES string of the molecule is CC(=Cc1ccco1)[C@H]1C(C#N)=C(N)OC2=C1C(=O)CC(C)(C)C2. The normalized spacial score (nSPS) is 23.7. The van der Waals surface area contributed by atoms with Crippen molar-refractivity contribution in [2.45, 2.75) is 33.6 Å². The summed E-state index contributed by atoms with van der Waals surface area (Å²) in [5, 5.41) is 9.53. The minimum Gasteiger partial charge on any atom is -0.465 e. The van der Waals surface area contributed by atoms with Gasteiger partial charge in [0.15, 0.2) is 5.78 Å². The Hall–Kier alpha value is -2.74. The van der Waals surface area contributed by atoms with Crippen molar-refractivity contribution in [3.8, 4) is 6.07 Å². The molecule has 24 heavy (non-hydrogen) atoms. The van der Waals surface area contributed by atoms with E-state index in [4.69, 9.17) is 14.9 Å². The highest BCUT2D eigenvalue weighted by atomic mass is 16.5. The Morgan fingerprint density at radius 1 is 1.46 bits per heavy atom. The van der Waals surface area contributed by atoms with E-state index in [1.54, 1.807) is 12.3 Å². The first-order chi connectivity index (χ1) is 11.3. The molecule has 1 aliphatic carbocycles. The zero-order chi connectivity index (χ0) is 17.5. The van der Waals surface area contributed by atoms with Gasteiger partial charge in [0.25, 0.3) is 0 Å². The summed E-state index contributed by atoms with van der Waals surface area (Å²) in [6.45, 7) is 5.93. The van der Waals surface area contributed by atoms with Crippen molar-refractivity contribution in [2.24, 2.45) is 17.1 Å². The Labute approximate surface area is 141 Å². The molecule has 2 N–H and O–H groups in total. The molecule has 2 heterocycles. The molecule has 0 aromatic carbocycles. The number of carbonyl (C=O) groups excluding carboxylic acids is 1. The third-order valence-electron chi connectivity index (χ3n) is 4.44. The summed E-state index contributed by atoms with van der Waals surface area (Å²) in [7, 11) is 0. The van der Waals surface area contributed by atoms with E-state index in [2.05, 4.69) is 6.07 Å². The molecule has 0 saturated carbocycles. The molecule has 124 valence electrons. The summed E-state index contributed by atoms with van der Waals surface area (Å²) in [6.07, 6.45) is 4.46. The Bertz CT molecular complexity index is 817. The van der Waals surface area contributed by atoms with Crippen molar-refractivity contribution in [3.05, 3.63) is 52.5 Å². The van der Waals surface area contributed by atoms with Crippen LogP contribution in [0.2, 0.25) is 0 Å². The van der Waals surface area contributed by atoms with Crippen molar-refractivity contribution in [1.82, 2.24) is 0 Å². The predicted octanol–water partition coefficient (Wildman–Crippen LogP) is 3.67. The number of hydrogen-bond donors (Lipinski definition) is 1. The fourth-order valence-electron chi connectivity index (χ4n) is 3.42. The summed E-state index contributed by atoms with van der Waals surface area (Å²) in [6, 6.07) is 5.72. The van der Waals surface area contributed by atoms with Crippen molar-refractivity contribution < 1.29 is 13.9 Å². The maximum absolute atomic E-state index is 12.8. The van der Waals surface area contributed by atoms with Crippen LogP contribution in [0.15, 0.2) is 51.2 Å². The zero-order valence-electron chi connectivity index (χ0n) is 14.1. The van der Waals surface area contributed by atoms with Gasteiger partial charge in [0.1, 0.15) is 23.2 Å². The first kappa shape index (κ1) is 16.1. The molecule has 5 nitrogen and oxygen atoms in total. The van der Waals surface area contributed by atoms with Gasteiger partial charge in [0.2, 0.25) is 5.88 Å². The Balaban J connectivity index is 2.12. The van der Waals surface area contributed by atoms with E-state index in [0.29, 0.717) is 29.9 Å². The lowest BCUT2D eigenvalue weighted by molar-refractivity contribution is -0.119. The highest BCUT2D eigenvalue weighted by Gasteiger charge is 2.42. The molecule has 0 unspecified atom stereocenters. The molecule has 0 fully saturated rings. The third-order valence-corrected chi connectivity index (χ3v) is 4.44. The number of nitrogens with two attached hydrogens (primary N) is 1. The second-order valence-electron chi connectivity index (χ2n) is 7.11. The largest absolute Gasteiger partial charge is 0.465 e. The van der Waals surface area contributed by atoms with Gasteiger partial charge in [-0.1, -0.05) is 19.4 Å². The second-order valence-corrected chi connectivity index (χ2v) is 7.11. The molecule has 0 radical (unpaired) electrons. The Morgan fingerprint density at radius 3 is 2.83 bits per heavy atom. The number of furan rings is 1. The summed E-state index contributed by atoms with van der Waals surface area (Å²) >= 11 is 0. The summed E-state index contributed by atoms with van der Waals surface area (Å²) in [5.74, 6) is 0.871. The van der Waals surface area contributed by atoms with Crippen LogP contribution >= 0.6 is 0 Å². The molecule has 0 bridgehead atoms. The van der Waals surface area contributed by atoms with E-state index in [-0.39, 0.29) is 22.7 Å². The van der Waals surface area contributed by atoms with E-state index < -0.39 is 5.92 Å². The molecule has 1 atom stereocenters. The van der Waals surface area contributed by atoms with Gasteiger partial charge in [-0.3, -0.25) is 4.79 Å². The van der Waals surface area contributed by atoms with E-state index in [1.165, 1.54) is 0 Å². The van der Waals surface area contributed by atoms with E-state index in [9.17, 15) is 10.1 Å². The average Bonchev–Trinajstić information content (AvgIpc) is 2.97.